The van der Waals surface area contributed by atoms with Crippen LogP contribution in [0.2, 0.25) is 0 Å². The quantitative estimate of drug-likeness (QED) is 0.213. The van der Waals surface area contributed by atoms with Gasteiger partial charge in [0.1, 0.15) is 5.75 Å². The molecule has 1 aliphatic carbocycles. The lowest BCUT2D eigenvalue weighted by molar-refractivity contribution is -0.274. The normalized spacial score (nSPS) is 13.2. The SMILES string of the molecule is CC(C)(C)c1ccc(Sc2cccc3c2C(=O)c2cccc(Sc4cccc(OC(F)(F)F)c4)c2C3=O)cc1. The molecule has 1 aliphatic rings. The number of fused-ring (bicyclic) bond motifs is 2. The molecule has 0 saturated carbocycles. The summed E-state index contributed by atoms with van der Waals surface area (Å²) in [6, 6.07) is 23.9. The Morgan fingerprint density at radius 2 is 1.15 bits per heavy atom. The van der Waals surface area contributed by atoms with E-state index in [4.69, 9.17) is 0 Å². The van der Waals surface area contributed by atoms with Crippen molar-refractivity contribution in [3.63, 3.8) is 0 Å². The first-order valence-electron chi connectivity index (χ1n) is 12.1. The van der Waals surface area contributed by atoms with E-state index < -0.39 is 6.36 Å². The minimum absolute atomic E-state index is 0.0175. The first-order valence-corrected chi connectivity index (χ1v) is 13.7. The van der Waals surface area contributed by atoms with Gasteiger partial charge in [-0.25, -0.2) is 0 Å². The highest BCUT2D eigenvalue weighted by Gasteiger charge is 2.34. The van der Waals surface area contributed by atoms with E-state index in [1.54, 1.807) is 36.4 Å². The van der Waals surface area contributed by atoms with E-state index in [-0.39, 0.29) is 33.9 Å². The smallest absolute Gasteiger partial charge is 0.406 e. The van der Waals surface area contributed by atoms with Gasteiger partial charge >= 0.3 is 6.36 Å². The van der Waals surface area contributed by atoms with Gasteiger partial charge in [-0.3, -0.25) is 9.59 Å². The maximum Gasteiger partial charge on any atom is 0.573 e. The highest BCUT2D eigenvalue weighted by Crippen LogP contribution is 2.42. The summed E-state index contributed by atoms with van der Waals surface area (Å²) in [6.07, 6.45) is -4.81. The fourth-order valence-electron chi connectivity index (χ4n) is 4.36. The van der Waals surface area contributed by atoms with Crippen LogP contribution in [0.25, 0.3) is 0 Å². The molecule has 0 spiro atoms. The second-order valence-corrected chi connectivity index (χ2v) is 12.2. The molecule has 39 heavy (non-hydrogen) atoms. The predicted octanol–water partition coefficient (Wildman–Crippen LogP) is 8.96. The average molecular weight is 565 g/mol. The molecule has 0 radical (unpaired) electrons. The molecular weight excluding hydrogens is 541 g/mol. The Balaban J connectivity index is 1.48. The van der Waals surface area contributed by atoms with Gasteiger partial charge < -0.3 is 4.74 Å². The molecule has 0 amide bonds. The Kier molecular flexibility index (Phi) is 7.11. The van der Waals surface area contributed by atoms with E-state index in [2.05, 4.69) is 37.6 Å². The van der Waals surface area contributed by atoms with Gasteiger partial charge in [0, 0.05) is 41.8 Å². The molecular formula is C31H23F3O3S2. The maximum absolute atomic E-state index is 13.7. The van der Waals surface area contributed by atoms with E-state index in [0.29, 0.717) is 25.8 Å². The third kappa shape index (κ3) is 5.77. The van der Waals surface area contributed by atoms with E-state index in [9.17, 15) is 22.8 Å². The van der Waals surface area contributed by atoms with Crippen molar-refractivity contribution in [3.05, 3.63) is 113 Å². The summed E-state index contributed by atoms with van der Waals surface area (Å²) < 4.78 is 42.1. The molecule has 0 aromatic heterocycles. The number of ether oxygens (including phenoxy) is 1. The predicted molar refractivity (Wildman–Crippen MR) is 146 cm³/mol. The topological polar surface area (TPSA) is 43.4 Å². The molecule has 5 rings (SSSR count). The molecule has 198 valence electrons. The van der Waals surface area contributed by atoms with E-state index in [1.807, 2.05) is 18.2 Å². The van der Waals surface area contributed by atoms with Crippen LogP contribution in [0, 0.1) is 0 Å². The molecule has 0 aliphatic heterocycles. The molecule has 0 N–H and O–H groups in total. The van der Waals surface area contributed by atoms with Gasteiger partial charge in [-0.1, -0.05) is 86.8 Å². The van der Waals surface area contributed by atoms with Crippen molar-refractivity contribution in [2.24, 2.45) is 0 Å². The second kappa shape index (κ2) is 10.2. The summed E-state index contributed by atoms with van der Waals surface area (Å²) in [4.78, 5) is 30.0. The zero-order valence-corrected chi connectivity index (χ0v) is 22.9. The molecule has 0 saturated heterocycles. The minimum Gasteiger partial charge on any atom is -0.406 e. The Morgan fingerprint density at radius 1 is 0.641 bits per heavy atom. The molecule has 0 heterocycles. The molecule has 4 aromatic rings. The van der Waals surface area contributed by atoms with Crippen LogP contribution < -0.4 is 4.74 Å². The lowest BCUT2D eigenvalue weighted by Gasteiger charge is -2.22. The minimum atomic E-state index is -4.81. The zero-order chi connectivity index (χ0) is 27.9. The third-order valence-electron chi connectivity index (χ3n) is 6.21. The molecule has 4 aromatic carbocycles. The van der Waals surface area contributed by atoms with Crippen LogP contribution in [0.1, 0.15) is 58.2 Å². The molecule has 3 nitrogen and oxygen atoms in total. The van der Waals surface area contributed by atoms with Crippen molar-refractivity contribution < 1.29 is 27.5 Å². The van der Waals surface area contributed by atoms with Crippen LogP contribution in [0.15, 0.2) is 105 Å². The highest BCUT2D eigenvalue weighted by atomic mass is 32.2. The van der Waals surface area contributed by atoms with Crippen molar-refractivity contribution in [1.29, 1.82) is 0 Å². The van der Waals surface area contributed by atoms with Gasteiger partial charge in [-0.15, -0.1) is 13.2 Å². The monoisotopic (exact) mass is 564 g/mol. The summed E-state index contributed by atoms with van der Waals surface area (Å²) in [5, 5.41) is 0. The Hall–Kier alpha value is -3.49. The number of alkyl halides is 3. The van der Waals surface area contributed by atoms with Gasteiger partial charge in [-0.2, -0.15) is 0 Å². The summed E-state index contributed by atoms with van der Waals surface area (Å²) >= 11 is 2.54. The van der Waals surface area contributed by atoms with Crippen molar-refractivity contribution in [3.8, 4) is 5.75 Å². The van der Waals surface area contributed by atoms with Gasteiger partial charge in [0.25, 0.3) is 0 Å². The summed E-state index contributed by atoms with van der Waals surface area (Å²) in [5.74, 6) is -0.913. The number of rotatable bonds is 5. The third-order valence-corrected chi connectivity index (χ3v) is 8.33. The van der Waals surface area contributed by atoms with E-state index >= 15 is 0 Å². The van der Waals surface area contributed by atoms with E-state index in [0.717, 1.165) is 16.7 Å². The number of benzene rings is 4. The number of ketones is 2. The highest BCUT2D eigenvalue weighted by molar-refractivity contribution is 7.99. The number of hydrogen-bond donors (Lipinski definition) is 0. The first-order chi connectivity index (χ1) is 18.4. The Labute approximate surface area is 232 Å². The molecule has 0 bridgehead atoms. The van der Waals surface area contributed by atoms with Crippen LogP contribution in [-0.2, 0) is 5.41 Å². The number of carbonyl (C=O) groups is 2. The fourth-order valence-corrected chi connectivity index (χ4v) is 6.36. The molecule has 0 unspecified atom stereocenters. The standard InChI is InChI=1S/C31H23F3O3S2/c1-30(2,3)18-13-15-20(16-14-18)38-24-11-5-9-22-26(24)28(35)23-10-6-12-25(27(23)29(22)36)39-21-8-4-7-19(17-21)37-31(32,33)34/h4-17H,1-3H3. The van der Waals surface area contributed by atoms with Crippen LogP contribution >= 0.6 is 23.5 Å². The number of carbonyl (C=O) groups excluding carboxylic acids is 2. The summed E-state index contributed by atoms with van der Waals surface area (Å²) in [7, 11) is 0. The Bertz CT molecular complexity index is 1590. The van der Waals surface area contributed by atoms with Gasteiger partial charge in [0.05, 0.1) is 0 Å². The van der Waals surface area contributed by atoms with Crippen LogP contribution in [0.3, 0.4) is 0 Å². The van der Waals surface area contributed by atoms with Crippen LogP contribution in [0.4, 0.5) is 13.2 Å². The first kappa shape index (κ1) is 27.1. The fraction of sp³-hybridized carbons (Fsp3) is 0.161. The van der Waals surface area contributed by atoms with E-state index in [1.165, 1.54) is 35.5 Å². The van der Waals surface area contributed by atoms with Crippen LogP contribution in [0.5, 0.6) is 5.75 Å². The molecule has 0 atom stereocenters. The summed E-state index contributed by atoms with van der Waals surface area (Å²) in [5.41, 5.74) is 2.41. The van der Waals surface area contributed by atoms with Crippen molar-refractivity contribution in [2.45, 2.75) is 52.1 Å². The van der Waals surface area contributed by atoms with Crippen LogP contribution in [-0.4, -0.2) is 17.9 Å². The molecule has 0 fully saturated rings. The van der Waals surface area contributed by atoms with Gasteiger partial charge in [-0.05, 0) is 53.4 Å². The average Bonchev–Trinajstić information content (AvgIpc) is 2.86. The zero-order valence-electron chi connectivity index (χ0n) is 21.3. The van der Waals surface area contributed by atoms with Crippen molar-refractivity contribution in [2.75, 3.05) is 0 Å². The van der Waals surface area contributed by atoms with Crippen molar-refractivity contribution in [1.82, 2.24) is 0 Å². The van der Waals surface area contributed by atoms with Gasteiger partial charge in [0.2, 0.25) is 0 Å². The van der Waals surface area contributed by atoms with Gasteiger partial charge in [0.15, 0.2) is 11.6 Å². The maximum atomic E-state index is 13.7. The second-order valence-electron chi connectivity index (χ2n) is 10.0. The number of halogens is 3. The molecule has 8 heteroatoms. The Morgan fingerprint density at radius 3 is 1.67 bits per heavy atom. The largest absolute Gasteiger partial charge is 0.573 e. The lowest BCUT2D eigenvalue weighted by atomic mass is 9.84. The summed E-state index contributed by atoms with van der Waals surface area (Å²) in [6.45, 7) is 6.43. The lowest BCUT2D eigenvalue weighted by Crippen LogP contribution is -2.22. The van der Waals surface area contributed by atoms with Crippen molar-refractivity contribution >= 4 is 35.1 Å². The number of hydrogen-bond acceptors (Lipinski definition) is 5.